The van der Waals surface area contributed by atoms with E-state index in [9.17, 15) is 27.0 Å². The topological polar surface area (TPSA) is 164 Å². The molecule has 2 atom stereocenters. The Morgan fingerprint density at radius 1 is 0.943 bits per heavy atom. The number of benzene rings is 3. The highest BCUT2D eigenvalue weighted by Gasteiger charge is 2.54. The number of aliphatic hydroxyl groups excluding tert-OH is 2. The van der Waals surface area contributed by atoms with Crippen molar-refractivity contribution in [1.82, 2.24) is 14.9 Å². The van der Waals surface area contributed by atoms with Crippen molar-refractivity contribution in [2.24, 2.45) is 0 Å². The lowest BCUT2D eigenvalue weighted by molar-refractivity contribution is -0.0312. The molecule has 1 saturated carbocycles. The van der Waals surface area contributed by atoms with Crippen molar-refractivity contribution >= 4 is 19.9 Å². The molecule has 0 radical (unpaired) electrons. The molecule has 14 heteroatoms. The number of aliphatic hydroxyl groups is 2. The summed E-state index contributed by atoms with van der Waals surface area (Å²) in [5.74, 6) is 0.664. The Kier molecular flexibility index (Phi) is 12.2. The number of rotatable bonds is 17. The molecular formula is C39H53N3O9S2. The molecule has 2 saturated heterocycles. The van der Waals surface area contributed by atoms with E-state index in [4.69, 9.17) is 14.2 Å². The highest BCUT2D eigenvalue weighted by Crippen LogP contribution is 2.46. The van der Waals surface area contributed by atoms with Crippen molar-refractivity contribution in [1.29, 1.82) is 0 Å². The van der Waals surface area contributed by atoms with Gasteiger partial charge in [-0.2, -0.15) is 4.31 Å². The van der Waals surface area contributed by atoms with E-state index in [1.807, 2.05) is 25.1 Å². The van der Waals surface area contributed by atoms with Gasteiger partial charge in [0, 0.05) is 38.3 Å². The minimum absolute atomic E-state index is 0.0247. The molecule has 0 bridgehead atoms. The molecule has 0 unspecified atom stereocenters. The number of hydrogen-bond donors (Lipinski definition) is 4. The standard InChI is InChI=1S/C39H53N3O9S2/c1-4-49-36-13-12-31(30-10-8-29(9-11-30)23-40-28(2)3)20-37(36)53(47,48)42-18-16-38(17-19-42)22-32(25-51-38)41-24-33(44)26-50-34-6-5-7-35(21-34)52(45,46)39(27-43)14-15-39/h5-13,20-21,28,32-33,40-41,43-44H,4,14-19,22-27H2,1-3H3/t32-,33+/m1/s1. The third-order valence-corrected chi connectivity index (χ3v) is 15.0. The zero-order chi connectivity index (χ0) is 37.9. The van der Waals surface area contributed by atoms with Crippen LogP contribution in [0.4, 0.5) is 0 Å². The third kappa shape index (κ3) is 8.91. The summed E-state index contributed by atoms with van der Waals surface area (Å²) in [5.41, 5.74) is 2.42. The monoisotopic (exact) mass is 771 g/mol. The van der Waals surface area contributed by atoms with Crippen LogP contribution in [-0.4, -0.2) is 106 Å². The van der Waals surface area contributed by atoms with Crippen molar-refractivity contribution in [3.05, 3.63) is 72.3 Å². The Morgan fingerprint density at radius 2 is 1.66 bits per heavy atom. The average molecular weight is 772 g/mol. The van der Waals surface area contributed by atoms with E-state index in [1.54, 1.807) is 24.3 Å². The Labute approximate surface area is 313 Å². The smallest absolute Gasteiger partial charge is 0.246 e. The molecule has 1 aliphatic carbocycles. The lowest BCUT2D eigenvalue weighted by Crippen LogP contribution is -2.47. The van der Waals surface area contributed by atoms with Gasteiger partial charge in [0.25, 0.3) is 0 Å². The molecule has 0 aromatic heterocycles. The largest absolute Gasteiger partial charge is 0.492 e. The van der Waals surface area contributed by atoms with E-state index >= 15 is 0 Å². The Morgan fingerprint density at radius 3 is 2.32 bits per heavy atom. The number of sulfonamides is 1. The summed E-state index contributed by atoms with van der Waals surface area (Å²) in [6, 6.07) is 20.0. The molecule has 1 spiro atoms. The van der Waals surface area contributed by atoms with Crippen LogP contribution in [0.3, 0.4) is 0 Å². The van der Waals surface area contributed by atoms with Crippen LogP contribution >= 0.6 is 0 Å². The summed E-state index contributed by atoms with van der Waals surface area (Å²) >= 11 is 0. The van der Waals surface area contributed by atoms with Crippen molar-refractivity contribution in [2.75, 3.05) is 46.1 Å². The van der Waals surface area contributed by atoms with E-state index in [2.05, 4.69) is 36.6 Å². The maximum Gasteiger partial charge on any atom is 0.246 e. The summed E-state index contributed by atoms with van der Waals surface area (Å²) in [6.45, 7) is 8.00. The Hall–Kier alpha value is -3.08. The van der Waals surface area contributed by atoms with E-state index in [0.717, 1.165) is 23.2 Å². The number of nitrogens with zero attached hydrogens (tertiary/aromatic N) is 1. The van der Waals surface area contributed by atoms with Gasteiger partial charge in [0.1, 0.15) is 29.1 Å². The lowest BCUT2D eigenvalue weighted by Gasteiger charge is -2.38. The highest BCUT2D eigenvalue weighted by atomic mass is 32.2. The van der Waals surface area contributed by atoms with Crippen LogP contribution in [0.2, 0.25) is 0 Å². The van der Waals surface area contributed by atoms with Crippen LogP contribution in [0.5, 0.6) is 11.5 Å². The van der Waals surface area contributed by atoms with Crippen LogP contribution < -0.4 is 20.1 Å². The predicted octanol–water partition coefficient (Wildman–Crippen LogP) is 3.89. The Bertz CT molecular complexity index is 1930. The minimum Gasteiger partial charge on any atom is -0.492 e. The molecule has 2 heterocycles. The summed E-state index contributed by atoms with van der Waals surface area (Å²) in [5, 5.41) is 27.0. The predicted molar refractivity (Wildman–Crippen MR) is 202 cm³/mol. The summed E-state index contributed by atoms with van der Waals surface area (Å²) < 4.78 is 72.4. The summed E-state index contributed by atoms with van der Waals surface area (Å²) in [6.07, 6.45) is 1.78. The van der Waals surface area contributed by atoms with E-state index in [0.29, 0.717) is 75.9 Å². The van der Waals surface area contributed by atoms with E-state index in [-0.39, 0.29) is 29.0 Å². The number of hydrogen-bond acceptors (Lipinski definition) is 11. The van der Waals surface area contributed by atoms with Gasteiger partial charge in [-0.25, -0.2) is 16.8 Å². The first-order valence-corrected chi connectivity index (χ1v) is 21.5. The molecule has 2 aliphatic heterocycles. The number of nitrogens with one attached hydrogen (secondary N) is 2. The lowest BCUT2D eigenvalue weighted by atomic mass is 9.88. The van der Waals surface area contributed by atoms with Crippen molar-refractivity contribution in [3.8, 4) is 22.6 Å². The zero-order valence-corrected chi connectivity index (χ0v) is 32.4. The highest BCUT2D eigenvalue weighted by molar-refractivity contribution is 7.93. The first-order chi connectivity index (χ1) is 25.3. The van der Waals surface area contributed by atoms with Gasteiger partial charge in [-0.05, 0) is 86.1 Å². The number of piperidine rings is 1. The van der Waals surface area contributed by atoms with Gasteiger partial charge < -0.3 is 35.1 Å². The third-order valence-electron chi connectivity index (χ3n) is 10.6. The average Bonchev–Trinajstić information content (AvgIpc) is 3.89. The molecule has 4 N–H and O–H groups in total. The van der Waals surface area contributed by atoms with Crippen LogP contribution in [0.15, 0.2) is 76.5 Å². The van der Waals surface area contributed by atoms with E-state index < -0.39 is 42.9 Å². The second-order valence-electron chi connectivity index (χ2n) is 14.8. The van der Waals surface area contributed by atoms with Gasteiger partial charge in [-0.15, -0.1) is 0 Å². The van der Waals surface area contributed by atoms with Gasteiger partial charge in [-0.1, -0.05) is 50.2 Å². The number of sulfone groups is 1. The molecule has 0 amide bonds. The fourth-order valence-corrected chi connectivity index (χ4v) is 10.5. The van der Waals surface area contributed by atoms with Gasteiger partial charge in [0.05, 0.1) is 35.1 Å². The molecule has 3 aliphatic rings. The zero-order valence-electron chi connectivity index (χ0n) is 30.8. The maximum absolute atomic E-state index is 14.1. The summed E-state index contributed by atoms with van der Waals surface area (Å²) in [7, 11) is -7.55. The first-order valence-electron chi connectivity index (χ1n) is 18.5. The fraction of sp³-hybridized carbons (Fsp3) is 0.538. The summed E-state index contributed by atoms with van der Waals surface area (Å²) in [4.78, 5) is 0.257. The number of ether oxygens (including phenoxy) is 3. The van der Waals surface area contributed by atoms with Gasteiger partial charge in [0.2, 0.25) is 10.0 Å². The van der Waals surface area contributed by atoms with E-state index in [1.165, 1.54) is 16.4 Å². The molecule has 12 nitrogen and oxygen atoms in total. The van der Waals surface area contributed by atoms with Gasteiger partial charge in [0.15, 0.2) is 9.84 Å². The molecule has 53 heavy (non-hydrogen) atoms. The van der Waals surface area contributed by atoms with Crippen molar-refractivity contribution in [3.63, 3.8) is 0 Å². The molecule has 3 fully saturated rings. The maximum atomic E-state index is 14.1. The second-order valence-corrected chi connectivity index (χ2v) is 19.1. The molecule has 3 aromatic carbocycles. The molecule has 290 valence electrons. The van der Waals surface area contributed by atoms with Gasteiger partial charge in [-0.3, -0.25) is 0 Å². The first kappa shape index (κ1) is 39.6. The van der Waals surface area contributed by atoms with Crippen molar-refractivity contribution in [2.45, 2.75) is 97.7 Å². The normalized spacial score (nSPS) is 20.5. The van der Waals surface area contributed by atoms with Gasteiger partial charge >= 0.3 is 0 Å². The SMILES string of the molecule is CCOc1ccc(-c2ccc(CNC(C)C)cc2)cc1S(=O)(=O)N1CCC2(CC1)C[C@@H](NC[C@H](O)COc1cccc(S(=O)(=O)C3(CO)CC3)c1)CO2. The van der Waals surface area contributed by atoms with Crippen LogP contribution in [0.1, 0.15) is 58.4 Å². The van der Waals surface area contributed by atoms with Crippen molar-refractivity contribution < 1.29 is 41.3 Å². The minimum atomic E-state index is -3.86. The molecule has 3 aromatic rings. The van der Waals surface area contributed by atoms with Crippen LogP contribution in [-0.2, 0) is 31.1 Å². The molecular weight excluding hydrogens is 719 g/mol. The van der Waals surface area contributed by atoms with Crippen LogP contribution in [0, 0.1) is 0 Å². The second kappa shape index (κ2) is 16.3. The quantitative estimate of drug-likeness (QED) is 0.158. The molecule has 6 rings (SSSR count). The fourth-order valence-electron chi connectivity index (χ4n) is 7.08. The van der Waals surface area contributed by atoms with Crippen LogP contribution in [0.25, 0.3) is 11.1 Å². The Balaban J connectivity index is 1.01.